The quantitative estimate of drug-likeness (QED) is 0.719. The first-order chi connectivity index (χ1) is 8.75. The summed E-state index contributed by atoms with van der Waals surface area (Å²) in [5.74, 6) is -1.01. The zero-order valence-corrected chi connectivity index (χ0v) is 9.29. The summed E-state index contributed by atoms with van der Waals surface area (Å²) >= 11 is 0. The minimum absolute atomic E-state index is 0.130. The molecule has 2 aromatic heterocycles. The van der Waals surface area contributed by atoms with E-state index in [1.165, 1.54) is 12.3 Å². The number of carboxylic acids is 1. The van der Waals surface area contributed by atoms with Gasteiger partial charge in [0, 0.05) is 22.7 Å². The molecule has 5 nitrogen and oxygen atoms in total. The molecule has 0 bridgehead atoms. The molecular weight excluding hydrogens is 230 g/mol. The Morgan fingerprint density at radius 2 is 2.11 bits per heavy atom. The lowest BCUT2D eigenvalue weighted by Crippen LogP contribution is -1.99. The van der Waals surface area contributed by atoms with Crippen LogP contribution in [0.2, 0.25) is 0 Å². The third-order valence-corrected chi connectivity index (χ3v) is 2.77. The molecule has 0 saturated carbocycles. The summed E-state index contributed by atoms with van der Waals surface area (Å²) in [6.45, 7) is 0. The second-order valence-electron chi connectivity index (χ2n) is 3.88. The van der Waals surface area contributed by atoms with E-state index >= 15 is 0 Å². The molecule has 0 aliphatic carbocycles. The Balaban J connectivity index is 2.20. The minimum atomic E-state index is -1.01. The largest absolute Gasteiger partial charge is 0.478 e. The van der Waals surface area contributed by atoms with Crippen LogP contribution in [0.25, 0.3) is 22.2 Å². The van der Waals surface area contributed by atoms with Gasteiger partial charge in [-0.3, -0.25) is 0 Å². The number of benzene rings is 1. The van der Waals surface area contributed by atoms with Crippen LogP contribution in [0.4, 0.5) is 0 Å². The molecular formula is C13H9N3O2. The van der Waals surface area contributed by atoms with Crippen LogP contribution >= 0.6 is 0 Å². The molecule has 88 valence electrons. The molecule has 1 aromatic carbocycles. The monoisotopic (exact) mass is 239 g/mol. The van der Waals surface area contributed by atoms with E-state index in [4.69, 9.17) is 5.11 Å². The number of aromatic carboxylic acids is 1. The first-order valence-corrected chi connectivity index (χ1v) is 5.38. The number of rotatable bonds is 2. The van der Waals surface area contributed by atoms with Crippen molar-refractivity contribution in [1.29, 1.82) is 0 Å². The minimum Gasteiger partial charge on any atom is -0.478 e. The number of fused-ring (bicyclic) bond motifs is 1. The van der Waals surface area contributed by atoms with Gasteiger partial charge in [-0.2, -0.15) is 10.2 Å². The van der Waals surface area contributed by atoms with Gasteiger partial charge in [0.2, 0.25) is 0 Å². The van der Waals surface area contributed by atoms with Crippen molar-refractivity contribution in [2.75, 3.05) is 0 Å². The first kappa shape index (κ1) is 10.5. The van der Waals surface area contributed by atoms with Gasteiger partial charge in [-0.1, -0.05) is 18.2 Å². The van der Waals surface area contributed by atoms with Crippen LogP contribution in [0, 0.1) is 0 Å². The molecule has 2 N–H and O–H groups in total. The van der Waals surface area contributed by atoms with Crippen molar-refractivity contribution in [3.63, 3.8) is 0 Å². The zero-order chi connectivity index (χ0) is 12.5. The lowest BCUT2D eigenvalue weighted by molar-refractivity contribution is 0.0696. The van der Waals surface area contributed by atoms with Crippen LogP contribution in [0.1, 0.15) is 10.4 Å². The van der Waals surface area contributed by atoms with Gasteiger partial charge >= 0.3 is 5.97 Å². The van der Waals surface area contributed by atoms with Gasteiger partial charge in [-0.25, -0.2) is 4.79 Å². The molecule has 0 saturated heterocycles. The number of H-pyrrole nitrogens is 1. The van der Waals surface area contributed by atoms with Crippen molar-refractivity contribution in [2.45, 2.75) is 0 Å². The first-order valence-electron chi connectivity index (χ1n) is 5.38. The van der Waals surface area contributed by atoms with E-state index in [1.54, 1.807) is 6.20 Å². The predicted octanol–water partition coefficient (Wildman–Crippen LogP) is 2.32. The van der Waals surface area contributed by atoms with E-state index in [-0.39, 0.29) is 5.56 Å². The van der Waals surface area contributed by atoms with Crippen molar-refractivity contribution in [3.8, 4) is 11.3 Å². The number of carbonyl (C=O) groups is 1. The van der Waals surface area contributed by atoms with E-state index < -0.39 is 5.97 Å². The maximum atomic E-state index is 10.9. The Labute approximate surface area is 102 Å². The smallest absolute Gasteiger partial charge is 0.337 e. The van der Waals surface area contributed by atoms with E-state index in [1.807, 2.05) is 24.3 Å². The highest BCUT2D eigenvalue weighted by molar-refractivity contribution is 5.96. The molecule has 0 aliphatic rings. The highest BCUT2D eigenvalue weighted by Gasteiger charge is 2.10. The number of nitrogens with zero attached hydrogens (tertiary/aromatic N) is 2. The lowest BCUT2D eigenvalue weighted by atomic mass is 10.1. The van der Waals surface area contributed by atoms with Crippen LogP contribution < -0.4 is 0 Å². The normalized spacial score (nSPS) is 10.7. The number of para-hydroxylation sites is 1. The van der Waals surface area contributed by atoms with E-state index in [2.05, 4.69) is 15.2 Å². The molecule has 5 heteroatoms. The standard InChI is InChI=1S/C13H9N3O2/c17-13(18)8-5-12(16-15-6-8)10-7-14-11-4-2-1-3-9(10)11/h1-7,14H,(H,17,18). The van der Waals surface area contributed by atoms with Crippen molar-refractivity contribution in [2.24, 2.45) is 0 Å². The second-order valence-corrected chi connectivity index (χ2v) is 3.88. The average molecular weight is 239 g/mol. The summed E-state index contributed by atoms with van der Waals surface area (Å²) in [5, 5.41) is 17.6. The molecule has 0 aliphatic heterocycles. The summed E-state index contributed by atoms with van der Waals surface area (Å²) in [5.41, 5.74) is 2.51. The molecule has 0 unspecified atom stereocenters. The van der Waals surface area contributed by atoms with Gasteiger partial charge in [-0.15, -0.1) is 0 Å². The number of carboxylic acid groups (broad SMARTS) is 1. The Kier molecular flexibility index (Phi) is 2.30. The fourth-order valence-electron chi connectivity index (χ4n) is 1.90. The molecule has 3 rings (SSSR count). The molecule has 3 aromatic rings. The van der Waals surface area contributed by atoms with E-state index in [0.29, 0.717) is 5.69 Å². The molecule has 0 amide bonds. The van der Waals surface area contributed by atoms with Crippen LogP contribution in [0.5, 0.6) is 0 Å². The number of nitrogens with one attached hydrogen (secondary N) is 1. The SMILES string of the molecule is O=C(O)c1cnnc(-c2c[nH]c3ccccc23)c1. The zero-order valence-electron chi connectivity index (χ0n) is 9.29. The van der Waals surface area contributed by atoms with Gasteiger partial charge in [0.1, 0.15) is 0 Å². The molecule has 0 spiro atoms. The summed E-state index contributed by atoms with van der Waals surface area (Å²) in [4.78, 5) is 14.0. The third kappa shape index (κ3) is 1.62. The van der Waals surface area contributed by atoms with E-state index in [0.717, 1.165) is 16.5 Å². The topological polar surface area (TPSA) is 78.9 Å². The fraction of sp³-hybridized carbons (Fsp3) is 0. The molecule has 0 radical (unpaired) electrons. The average Bonchev–Trinajstić information content (AvgIpc) is 2.82. The highest BCUT2D eigenvalue weighted by atomic mass is 16.4. The van der Waals surface area contributed by atoms with Crippen LogP contribution in [0.3, 0.4) is 0 Å². The van der Waals surface area contributed by atoms with Crippen LogP contribution in [-0.2, 0) is 0 Å². The Bertz CT molecular complexity index is 734. The van der Waals surface area contributed by atoms with Crippen molar-refractivity contribution in [3.05, 3.63) is 48.3 Å². The van der Waals surface area contributed by atoms with Crippen molar-refractivity contribution >= 4 is 16.9 Å². The number of hydrogen-bond acceptors (Lipinski definition) is 3. The van der Waals surface area contributed by atoms with Crippen molar-refractivity contribution in [1.82, 2.24) is 15.2 Å². The summed E-state index contributed by atoms with van der Waals surface area (Å²) in [7, 11) is 0. The number of aromatic amines is 1. The van der Waals surface area contributed by atoms with Crippen LogP contribution in [-0.4, -0.2) is 26.3 Å². The maximum Gasteiger partial charge on any atom is 0.337 e. The number of hydrogen-bond donors (Lipinski definition) is 2. The highest BCUT2D eigenvalue weighted by Crippen LogP contribution is 2.26. The summed E-state index contributed by atoms with van der Waals surface area (Å²) in [6.07, 6.45) is 3.04. The second kappa shape index (κ2) is 3.96. The Hall–Kier alpha value is -2.69. The molecule has 0 fully saturated rings. The van der Waals surface area contributed by atoms with Crippen molar-refractivity contribution < 1.29 is 9.90 Å². The van der Waals surface area contributed by atoms with Gasteiger partial charge in [0.25, 0.3) is 0 Å². The Morgan fingerprint density at radius 3 is 2.94 bits per heavy atom. The van der Waals surface area contributed by atoms with Gasteiger partial charge in [0.05, 0.1) is 17.5 Å². The molecule has 0 atom stereocenters. The summed E-state index contributed by atoms with van der Waals surface area (Å²) in [6, 6.07) is 9.28. The lowest BCUT2D eigenvalue weighted by Gasteiger charge is -1.99. The number of aromatic nitrogens is 3. The van der Waals surface area contributed by atoms with E-state index in [9.17, 15) is 4.79 Å². The maximum absolute atomic E-state index is 10.9. The van der Waals surface area contributed by atoms with Gasteiger partial charge in [0.15, 0.2) is 0 Å². The van der Waals surface area contributed by atoms with Gasteiger partial charge < -0.3 is 10.1 Å². The third-order valence-electron chi connectivity index (χ3n) is 2.77. The molecule has 18 heavy (non-hydrogen) atoms. The molecule has 2 heterocycles. The van der Waals surface area contributed by atoms with Crippen LogP contribution in [0.15, 0.2) is 42.7 Å². The summed E-state index contributed by atoms with van der Waals surface area (Å²) < 4.78 is 0. The Morgan fingerprint density at radius 1 is 1.28 bits per heavy atom. The fourth-order valence-corrected chi connectivity index (χ4v) is 1.90. The van der Waals surface area contributed by atoms with Gasteiger partial charge in [-0.05, 0) is 12.1 Å². The predicted molar refractivity (Wildman–Crippen MR) is 66.3 cm³/mol.